The van der Waals surface area contributed by atoms with Crippen molar-refractivity contribution in [3.63, 3.8) is 0 Å². The summed E-state index contributed by atoms with van der Waals surface area (Å²) >= 11 is 11.6. The van der Waals surface area contributed by atoms with E-state index in [9.17, 15) is 0 Å². The normalized spacial score (nSPS) is 15.6. The Hall–Kier alpha value is -3.06. The minimum absolute atomic E-state index is 0.00132. The largest absolute Gasteiger partial charge is 0.247 e. The smallest absolute Gasteiger partial charge is 0.223 e. The number of rotatable bonds is 4. The van der Waals surface area contributed by atoms with Crippen molar-refractivity contribution in [3.8, 4) is 11.3 Å². The molecule has 2 aromatic heterocycles. The Morgan fingerprint density at radius 2 is 1.74 bits per heavy atom. The van der Waals surface area contributed by atoms with Crippen LogP contribution >= 0.6 is 38.9 Å². The molecule has 0 saturated heterocycles. The highest BCUT2D eigenvalue weighted by Gasteiger charge is 2.32. The van der Waals surface area contributed by atoms with Crippen molar-refractivity contribution in [2.75, 3.05) is 5.01 Å². The van der Waals surface area contributed by atoms with E-state index in [1.807, 2.05) is 41.4 Å². The molecular weight excluding hydrogens is 528 g/mol. The van der Waals surface area contributed by atoms with Gasteiger partial charge >= 0.3 is 0 Å². The average molecular weight is 546 g/mol. The Labute approximate surface area is 214 Å². The lowest BCUT2D eigenvalue weighted by Crippen LogP contribution is -2.21. The number of fused-ring (bicyclic) bond motifs is 1. The van der Waals surface area contributed by atoms with E-state index in [-0.39, 0.29) is 6.04 Å². The van der Waals surface area contributed by atoms with Gasteiger partial charge in [0, 0.05) is 26.9 Å². The summed E-state index contributed by atoms with van der Waals surface area (Å²) in [6.45, 7) is 0. The maximum Gasteiger partial charge on any atom is 0.247 e. The van der Waals surface area contributed by atoms with Crippen LogP contribution in [-0.2, 0) is 0 Å². The van der Waals surface area contributed by atoms with Crippen LogP contribution in [0.25, 0.3) is 22.2 Å². The van der Waals surface area contributed by atoms with Gasteiger partial charge in [-0.25, -0.2) is 15.0 Å². The number of hydrazone groups is 1. The second kappa shape index (κ2) is 8.95. The van der Waals surface area contributed by atoms with Gasteiger partial charge in [-0.05, 0) is 47.3 Å². The molecule has 0 N–H and O–H groups in total. The van der Waals surface area contributed by atoms with Crippen LogP contribution in [0.4, 0.5) is 5.95 Å². The molecule has 6 rings (SSSR count). The number of thiophene rings is 1. The van der Waals surface area contributed by atoms with Gasteiger partial charge in [0.25, 0.3) is 0 Å². The molecule has 5 aromatic rings. The van der Waals surface area contributed by atoms with E-state index in [1.165, 1.54) is 10.4 Å². The molecule has 0 saturated carbocycles. The molecule has 0 radical (unpaired) electrons. The van der Waals surface area contributed by atoms with Crippen molar-refractivity contribution >= 4 is 61.4 Å². The molecule has 166 valence electrons. The molecule has 0 fully saturated rings. The molecule has 1 unspecified atom stereocenters. The summed E-state index contributed by atoms with van der Waals surface area (Å²) in [5.74, 6) is 0.577. The van der Waals surface area contributed by atoms with E-state index in [2.05, 4.69) is 69.8 Å². The molecule has 34 heavy (non-hydrogen) atoms. The van der Waals surface area contributed by atoms with Crippen molar-refractivity contribution in [2.24, 2.45) is 5.10 Å². The fourth-order valence-electron chi connectivity index (χ4n) is 4.24. The minimum atomic E-state index is -0.00132. The van der Waals surface area contributed by atoms with Crippen LogP contribution in [0.3, 0.4) is 0 Å². The van der Waals surface area contributed by atoms with Crippen LogP contribution in [-0.4, -0.2) is 15.7 Å². The predicted octanol–water partition coefficient (Wildman–Crippen LogP) is 8.13. The Balaban J connectivity index is 1.54. The van der Waals surface area contributed by atoms with Crippen molar-refractivity contribution in [1.82, 2.24) is 9.97 Å². The van der Waals surface area contributed by atoms with E-state index < -0.39 is 0 Å². The van der Waals surface area contributed by atoms with Gasteiger partial charge in [-0.15, -0.1) is 11.3 Å². The van der Waals surface area contributed by atoms with E-state index in [1.54, 1.807) is 11.3 Å². The molecule has 1 aliphatic heterocycles. The fourth-order valence-corrected chi connectivity index (χ4v) is 5.40. The number of hydrogen-bond acceptors (Lipinski definition) is 5. The van der Waals surface area contributed by atoms with Crippen LogP contribution < -0.4 is 5.01 Å². The topological polar surface area (TPSA) is 41.4 Å². The molecule has 3 heterocycles. The Kier molecular flexibility index (Phi) is 5.65. The SMILES string of the molecule is Clc1ccc2nc(N3N=C(c4cccs4)CC3c3ccc(Br)cc3)nc(-c3ccccc3)c2c1. The highest BCUT2D eigenvalue weighted by Crippen LogP contribution is 2.38. The third-order valence-electron chi connectivity index (χ3n) is 5.87. The number of anilines is 1. The lowest BCUT2D eigenvalue weighted by atomic mass is 10.0. The summed E-state index contributed by atoms with van der Waals surface area (Å²) in [7, 11) is 0. The van der Waals surface area contributed by atoms with Gasteiger partial charge in [-0.1, -0.05) is 76.1 Å². The molecule has 0 bridgehead atoms. The first-order valence-corrected chi connectivity index (χ1v) is 12.9. The van der Waals surface area contributed by atoms with Gasteiger partial charge in [0.15, 0.2) is 0 Å². The van der Waals surface area contributed by atoms with Gasteiger partial charge in [-0.3, -0.25) is 0 Å². The van der Waals surface area contributed by atoms with E-state index in [0.29, 0.717) is 11.0 Å². The van der Waals surface area contributed by atoms with E-state index in [4.69, 9.17) is 26.7 Å². The monoisotopic (exact) mass is 544 g/mol. The third kappa shape index (κ3) is 4.02. The van der Waals surface area contributed by atoms with E-state index in [0.717, 1.165) is 38.8 Å². The highest BCUT2D eigenvalue weighted by molar-refractivity contribution is 9.10. The summed E-state index contributed by atoms with van der Waals surface area (Å²) in [5, 5.41) is 10.7. The maximum absolute atomic E-state index is 6.35. The zero-order chi connectivity index (χ0) is 23.1. The Bertz CT molecular complexity index is 1500. The molecule has 0 amide bonds. The number of nitrogens with zero attached hydrogens (tertiary/aromatic N) is 4. The first kappa shape index (κ1) is 21.5. The van der Waals surface area contributed by atoms with Crippen LogP contribution in [0.2, 0.25) is 5.02 Å². The number of hydrogen-bond donors (Lipinski definition) is 0. The summed E-state index contributed by atoms with van der Waals surface area (Å²) in [5.41, 5.74) is 4.91. The molecule has 3 aromatic carbocycles. The van der Waals surface area contributed by atoms with E-state index >= 15 is 0 Å². The second-order valence-electron chi connectivity index (χ2n) is 8.04. The van der Waals surface area contributed by atoms with Crippen LogP contribution in [0, 0.1) is 0 Å². The second-order valence-corrected chi connectivity index (χ2v) is 10.3. The van der Waals surface area contributed by atoms with Gasteiger partial charge in [0.05, 0.1) is 27.8 Å². The zero-order valence-corrected chi connectivity index (χ0v) is 21.1. The molecule has 4 nitrogen and oxygen atoms in total. The third-order valence-corrected chi connectivity index (χ3v) is 7.55. The van der Waals surface area contributed by atoms with Gasteiger partial charge in [-0.2, -0.15) is 5.10 Å². The standard InChI is InChI=1S/C27H18BrClN4S/c28-19-10-8-17(9-11-19)24-16-23(25-7-4-14-34-25)32-33(24)27-30-22-13-12-20(29)15-21(22)26(31-27)18-5-2-1-3-6-18/h1-15,24H,16H2. The quantitative estimate of drug-likeness (QED) is 0.229. The summed E-state index contributed by atoms with van der Waals surface area (Å²) in [6.07, 6.45) is 0.783. The molecule has 1 aliphatic rings. The van der Waals surface area contributed by atoms with Crippen molar-refractivity contribution in [1.29, 1.82) is 0 Å². The lowest BCUT2D eigenvalue weighted by Gasteiger charge is -2.23. The number of benzene rings is 3. The molecule has 1 atom stereocenters. The van der Waals surface area contributed by atoms with Crippen molar-refractivity contribution in [2.45, 2.75) is 12.5 Å². The predicted molar refractivity (Wildman–Crippen MR) is 145 cm³/mol. The highest BCUT2D eigenvalue weighted by atomic mass is 79.9. The van der Waals surface area contributed by atoms with Crippen LogP contribution in [0.5, 0.6) is 0 Å². The summed E-state index contributed by atoms with van der Waals surface area (Å²) < 4.78 is 1.05. The van der Waals surface area contributed by atoms with Gasteiger partial charge in [0.2, 0.25) is 5.95 Å². The first-order valence-electron chi connectivity index (χ1n) is 10.8. The van der Waals surface area contributed by atoms with Crippen LogP contribution in [0.1, 0.15) is 22.9 Å². The van der Waals surface area contributed by atoms with Crippen molar-refractivity contribution in [3.05, 3.63) is 110 Å². The number of halogens is 2. The fraction of sp³-hybridized carbons (Fsp3) is 0.0741. The summed E-state index contributed by atoms with van der Waals surface area (Å²) in [6, 6.07) is 28.5. The Morgan fingerprint density at radius 3 is 2.50 bits per heavy atom. The molecular formula is C27H18BrClN4S. The lowest BCUT2D eigenvalue weighted by molar-refractivity contribution is 0.689. The average Bonchev–Trinajstić information content (AvgIpc) is 3.55. The minimum Gasteiger partial charge on any atom is -0.223 e. The van der Waals surface area contributed by atoms with Crippen LogP contribution in [0.15, 0.2) is 99.9 Å². The first-order chi connectivity index (χ1) is 16.7. The Morgan fingerprint density at radius 1 is 0.912 bits per heavy atom. The summed E-state index contributed by atoms with van der Waals surface area (Å²) in [4.78, 5) is 11.2. The van der Waals surface area contributed by atoms with Gasteiger partial charge in [0.1, 0.15) is 0 Å². The van der Waals surface area contributed by atoms with Crippen molar-refractivity contribution < 1.29 is 0 Å². The molecule has 0 aliphatic carbocycles. The zero-order valence-electron chi connectivity index (χ0n) is 17.9. The molecule has 7 heteroatoms. The maximum atomic E-state index is 6.35. The number of aromatic nitrogens is 2. The van der Waals surface area contributed by atoms with Gasteiger partial charge < -0.3 is 0 Å². The molecule has 0 spiro atoms.